The molecule has 0 amide bonds. The van der Waals surface area contributed by atoms with Crippen LogP contribution in [0.5, 0.6) is 0 Å². The van der Waals surface area contributed by atoms with Crippen LogP contribution >= 0.6 is 0 Å². The van der Waals surface area contributed by atoms with Crippen LogP contribution in [0.25, 0.3) is 11.4 Å². The second kappa shape index (κ2) is 7.17. The molecule has 2 heterocycles. The first-order chi connectivity index (χ1) is 10.2. The molecule has 0 atom stereocenters. The molecular formula is C15H23N5O. The van der Waals surface area contributed by atoms with Crippen molar-refractivity contribution in [1.82, 2.24) is 19.7 Å². The first-order valence-corrected chi connectivity index (χ1v) is 7.31. The van der Waals surface area contributed by atoms with Crippen LogP contribution in [0.15, 0.2) is 18.3 Å². The fraction of sp³-hybridized carbons (Fsp3) is 0.533. The lowest BCUT2D eigenvalue weighted by Gasteiger charge is -2.15. The van der Waals surface area contributed by atoms with Crippen molar-refractivity contribution in [3.63, 3.8) is 0 Å². The highest BCUT2D eigenvalue weighted by molar-refractivity contribution is 5.70. The molecule has 0 aliphatic carbocycles. The molecule has 0 bridgehead atoms. The van der Waals surface area contributed by atoms with Crippen LogP contribution < -0.4 is 4.90 Å². The molecule has 0 unspecified atom stereocenters. The third-order valence-electron chi connectivity index (χ3n) is 3.13. The highest BCUT2D eigenvalue weighted by Crippen LogP contribution is 2.26. The highest BCUT2D eigenvalue weighted by atomic mass is 16.5. The molecule has 0 fully saturated rings. The molecule has 0 aliphatic heterocycles. The zero-order valence-electron chi connectivity index (χ0n) is 13.2. The van der Waals surface area contributed by atoms with E-state index in [1.54, 1.807) is 6.20 Å². The quantitative estimate of drug-likeness (QED) is 0.730. The Balaban J connectivity index is 2.40. The van der Waals surface area contributed by atoms with Crippen LogP contribution in [0.4, 0.5) is 5.82 Å². The van der Waals surface area contributed by atoms with Gasteiger partial charge in [-0.3, -0.25) is 0 Å². The number of ether oxygens (including phenoxy) is 1. The minimum atomic E-state index is 0.633. The molecule has 2 aromatic rings. The molecule has 2 rings (SSSR count). The Bertz CT molecular complexity index is 579. The maximum absolute atomic E-state index is 5.43. The lowest BCUT2D eigenvalue weighted by atomic mass is 10.2. The Hall–Kier alpha value is -1.95. The van der Waals surface area contributed by atoms with Gasteiger partial charge in [-0.2, -0.15) is 5.10 Å². The molecule has 0 radical (unpaired) electrons. The van der Waals surface area contributed by atoms with Crippen molar-refractivity contribution in [3.05, 3.63) is 24.2 Å². The predicted molar refractivity (Wildman–Crippen MR) is 83.5 cm³/mol. The molecule has 0 aliphatic rings. The monoisotopic (exact) mass is 289 g/mol. The summed E-state index contributed by atoms with van der Waals surface area (Å²) < 4.78 is 7.35. The Morgan fingerprint density at radius 2 is 2.10 bits per heavy atom. The maximum Gasteiger partial charge on any atom is 0.162 e. The van der Waals surface area contributed by atoms with E-state index < -0.39 is 0 Å². The second-order valence-corrected chi connectivity index (χ2v) is 4.89. The number of nitrogens with zero attached hydrogens (tertiary/aromatic N) is 5. The lowest BCUT2D eigenvalue weighted by Crippen LogP contribution is -2.14. The fourth-order valence-corrected chi connectivity index (χ4v) is 2.12. The standard InChI is InChI=1S/C15H23N5O/c1-5-13-17-15(20(18-13)10-11-21-6-2)12-8-7-9-16-14(12)19(3)4/h7-9H,5-6,10-11H2,1-4H3. The summed E-state index contributed by atoms with van der Waals surface area (Å²) in [4.78, 5) is 11.1. The first kappa shape index (κ1) is 15.4. The van der Waals surface area contributed by atoms with Crippen molar-refractivity contribution in [3.8, 4) is 11.4 Å². The van der Waals surface area contributed by atoms with E-state index in [1.807, 2.05) is 42.7 Å². The number of aryl methyl sites for hydroxylation is 1. The molecule has 0 saturated carbocycles. The summed E-state index contributed by atoms with van der Waals surface area (Å²) in [7, 11) is 3.96. The Kier molecular flexibility index (Phi) is 5.27. The van der Waals surface area contributed by atoms with Gasteiger partial charge in [-0.15, -0.1) is 0 Å². The summed E-state index contributed by atoms with van der Waals surface area (Å²) >= 11 is 0. The van der Waals surface area contributed by atoms with Crippen molar-refractivity contribution < 1.29 is 4.74 Å². The van der Waals surface area contributed by atoms with E-state index in [-0.39, 0.29) is 0 Å². The summed E-state index contributed by atoms with van der Waals surface area (Å²) in [5.74, 6) is 2.59. The van der Waals surface area contributed by atoms with Gasteiger partial charge in [-0.25, -0.2) is 14.6 Å². The zero-order chi connectivity index (χ0) is 15.2. The molecule has 6 heteroatoms. The molecular weight excluding hydrogens is 266 g/mol. The van der Waals surface area contributed by atoms with Crippen LogP contribution in [-0.4, -0.2) is 47.1 Å². The van der Waals surface area contributed by atoms with Gasteiger partial charge < -0.3 is 9.64 Å². The molecule has 21 heavy (non-hydrogen) atoms. The topological polar surface area (TPSA) is 56.1 Å². The van der Waals surface area contributed by atoms with Gasteiger partial charge in [0.2, 0.25) is 0 Å². The Labute approximate surface area is 125 Å². The van der Waals surface area contributed by atoms with Gasteiger partial charge in [0.05, 0.1) is 18.7 Å². The number of hydrogen-bond acceptors (Lipinski definition) is 5. The molecule has 0 saturated heterocycles. The predicted octanol–water partition coefficient (Wildman–Crippen LogP) is 2.00. The van der Waals surface area contributed by atoms with E-state index >= 15 is 0 Å². The Morgan fingerprint density at radius 3 is 2.76 bits per heavy atom. The molecule has 0 N–H and O–H groups in total. The van der Waals surface area contributed by atoms with Crippen LogP contribution in [0.1, 0.15) is 19.7 Å². The van der Waals surface area contributed by atoms with E-state index in [2.05, 4.69) is 22.0 Å². The van der Waals surface area contributed by atoms with Crippen molar-refractivity contribution >= 4 is 5.82 Å². The SMILES string of the molecule is CCOCCn1nc(CC)nc1-c1cccnc1N(C)C. The third-order valence-corrected chi connectivity index (χ3v) is 3.13. The van der Waals surface area contributed by atoms with Gasteiger partial charge in [0.15, 0.2) is 11.6 Å². The van der Waals surface area contributed by atoms with Gasteiger partial charge in [0.25, 0.3) is 0 Å². The summed E-state index contributed by atoms with van der Waals surface area (Å²) in [6.07, 6.45) is 2.60. The summed E-state index contributed by atoms with van der Waals surface area (Å²) in [5, 5.41) is 4.56. The van der Waals surface area contributed by atoms with E-state index in [0.717, 1.165) is 29.5 Å². The number of anilines is 1. The van der Waals surface area contributed by atoms with Gasteiger partial charge in [-0.05, 0) is 19.1 Å². The minimum Gasteiger partial charge on any atom is -0.380 e. The maximum atomic E-state index is 5.43. The van der Waals surface area contributed by atoms with Gasteiger partial charge in [-0.1, -0.05) is 6.92 Å². The van der Waals surface area contributed by atoms with Gasteiger partial charge in [0, 0.05) is 33.3 Å². The van der Waals surface area contributed by atoms with E-state index in [1.165, 1.54) is 0 Å². The van der Waals surface area contributed by atoms with Crippen molar-refractivity contribution in [2.75, 3.05) is 32.2 Å². The third kappa shape index (κ3) is 3.58. The van der Waals surface area contributed by atoms with E-state index in [4.69, 9.17) is 4.74 Å². The second-order valence-electron chi connectivity index (χ2n) is 4.89. The van der Waals surface area contributed by atoms with Crippen molar-refractivity contribution in [2.45, 2.75) is 26.8 Å². The summed E-state index contributed by atoms with van der Waals surface area (Å²) in [6.45, 7) is 6.08. The fourth-order valence-electron chi connectivity index (χ4n) is 2.12. The van der Waals surface area contributed by atoms with Crippen LogP contribution in [-0.2, 0) is 17.7 Å². The van der Waals surface area contributed by atoms with E-state index in [9.17, 15) is 0 Å². The van der Waals surface area contributed by atoms with Gasteiger partial charge in [0.1, 0.15) is 5.82 Å². The minimum absolute atomic E-state index is 0.633. The average Bonchev–Trinajstić information content (AvgIpc) is 2.90. The van der Waals surface area contributed by atoms with Crippen LogP contribution in [0.3, 0.4) is 0 Å². The summed E-state index contributed by atoms with van der Waals surface area (Å²) in [6, 6.07) is 3.96. The van der Waals surface area contributed by atoms with E-state index in [0.29, 0.717) is 19.8 Å². The number of aromatic nitrogens is 4. The summed E-state index contributed by atoms with van der Waals surface area (Å²) in [5.41, 5.74) is 0.992. The largest absolute Gasteiger partial charge is 0.380 e. The molecule has 0 spiro atoms. The molecule has 0 aromatic carbocycles. The van der Waals surface area contributed by atoms with Crippen LogP contribution in [0, 0.1) is 0 Å². The Morgan fingerprint density at radius 1 is 1.29 bits per heavy atom. The normalized spacial score (nSPS) is 10.9. The molecule has 114 valence electrons. The lowest BCUT2D eigenvalue weighted by molar-refractivity contribution is 0.136. The number of rotatable bonds is 7. The average molecular weight is 289 g/mol. The van der Waals surface area contributed by atoms with Crippen LogP contribution in [0.2, 0.25) is 0 Å². The smallest absolute Gasteiger partial charge is 0.162 e. The number of pyridine rings is 1. The van der Waals surface area contributed by atoms with Crippen molar-refractivity contribution in [1.29, 1.82) is 0 Å². The van der Waals surface area contributed by atoms with Crippen molar-refractivity contribution in [2.24, 2.45) is 0 Å². The molecule has 2 aromatic heterocycles. The molecule has 6 nitrogen and oxygen atoms in total. The first-order valence-electron chi connectivity index (χ1n) is 7.31. The number of hydrogen-bond donors (Lipinski definition) is 0. The van der Waals surface area contributed by atoms with Gasteiger partial charge >= 0.3 is 0 Å². The zero-order valence-corrected chi connectivity index (χ0v) is 13.2. The highest BCUT2D eigenvalue weighted by Gasteiger charge is 2.16.